The van der Waals surface area contributed by atoms with E-state index < -0.39 is 0 Å². The fraction of sp³-hybridized carbons (Fsp3) is 0.111. The van der Waals surface area contributed by atoms with Crippen molar-refractivity contribution >= 4 is 11.9 Å². The first-order chi connectivity index (χ1) is 10.8. The summed E-state index contributed by atoms with van der Waals surface area (Å²) in [6.45, 7) is 2.82. The van der Waals surface area contributed by atoms with Crippen LogP contribution in [0.5, 0.6) is 0 Å². The molecule has 4 nitrogen and oxygen atoms in total. The van der Waals surface area contributed by atoms with Crippen molar-refractivity contribution in [3.63, 3.8) is 0 Å². The lowest BCUT2D eigenvalue weighted by molar-refractivity contribution is 0.687. The van der Waals surface area contributed by atoms with Crippen LogP contribution in [0.1, 0.15) is 16.7 Å². The molecule has 2 aromatic carbocycles. The second-order valence-corrected chi connectivity index (χ2v) is 5.20. The zero-order valence-electron chi connectivity index (χ0n) is 12.5. The number of aromatic nitrogens is 2. The summed E-state index contributed by atoms with van der Waals surface area (Å²) in [6.07, 6.45) is 5.57. The molecule has 0 aliphatic heterocycles. The normalized spacial score (nSPS) is 11.0. The van der Waals surface area contributed by atoms with Gasteiger partial charge in [-0.15, -0.1) is 0 Å². The summed E-state index contributed by atoms with van der Waals surface area (Å²) in [7, 11) is 0. The van der Waals surface area contributed by atoms with Crippen molar-refractivity contribution in [2.75, 3.05) is 5.43 Å². The highest BCUT2D eigenvalue weighted by Gasteiger charge is 1.97. The van der Waals surface area contributed by atoms with Gasteiger partial charge in [0, 0.05) is 11.8 Å². The van der Waals surface area contributed by atoms with Crippen LogP contribution < -0.4 is 5.43 Å². The summed E-state index contributed by atoms with van der Waals surface area (Å²) in [5.74, 6) is 0. The molecule has 0 fully saturated rings. The largest absolute Gasteiger partial charge is 0.278 e. The van der Waals surface area contributed by atoms with E-state index in [9.17, 15) is 0 Å². The Hall–Kier alpha value is -2.88. The maximum absolute atomic E-state index is 4.35. The molecule has 0 bridgehead atoms. The molecule has 0 amide bonds. The molecule has 0 aliphatic rings. The van der Waals surface area contributed by atoms with Crippen molar-refractivity contribution in [1.29, 1.82) is 0 Å². The average Bonchev–Trinajstić information content (AvgIpc) is 2.96. The number of nitrogens with one attached hydrogen (secondary N) is 1. The van der Waals surface area contributed by atoms with Gasteiger partial charge in [-0.2, -0.15) is 10.2 Å². The summed E-state index contributed by atoms with van der Waals surface area (Å²) in [4.78, 5) is 0. The van der Waals surface area contributed by atoms with Crippen molar-refractivity contribution < 1.29 is 0 Å². The molecule has 0 radical (unpaired) electrons. The monoisotopic (exact) mass is 290 g/mol. The van der Waals surface area contributed by atoms with Crippen molar-refractivity contribution in [2.24, 2.45) is 5.10 Å². The molecule has 3 rings (SSSR count). The second-order valence-electron chi connectivity index (χ2n) is 5.20. The number of benzene rings is 2. The van der Waals surface area contributed by atoms with Gasteiger partial charge >= 0.3 is 0 Å². The van der Waals surface area contributed by atoms with Crippen LogP contribution in [0, 0.1) is 6.92 Å². The topological polar surface area (TPSA) is 42.2 Å². The van der Waals surface area contributed by atoms with Gasteiger partial charge in [-0.25, -0.2) is 0 Å². The predicted molar refractivity (Wildman–Crippen MR) is 90.2 cm³/mol. The highest BCUT2D eigenvalue weighted by Crippen LogP contribution is 2.09. The third-order valence-corrected chi connectivity index (χ3v) is 3.27. The molecular formula is C18H18N4. The number of aryl methyl sites for hydroxylation is 1. The van der Waals surface area contributed by atoms with Gasteiger partial charge in [0.05, 0.1) is 24.6 Å². The van der Waals surface area contributed by atoms with E-state index in [1.807, 2.05) is 47.4 Å². The Morgan fingerprint density at radius 2 is 2.00 bits per heavy atom. The van der Waals surface area contributed by atoms with E-state index in [0.29, 0.717) is 0 Å². The summed E-state index contributed by atoms with van der Waals surface area (Å²) < 4.78 is 1.91. The van der Waals surface area contributed by atoms with Crippen molar-refractivity contribution in [3.8, 4) is 0 Å². The zero-order chi connectivity index (χ0) is 15.2. The predicted octanol–water partition coefficient (Wildman–Crippen LogP) is 3.69. The van der Waals surface area contributed by atoms with Gasteiger partial charge in [-0.3, -0.25) is 10.1 Å². The van der Waals surface area contributed by atoms with E-state index in [1.54, 1.807) is 6.21 Å². The van der Waals surface area contributed by atoms with Crippen LogP contribution in [0.3, 0.4) is 0 Å². The Kier molecular flexibility index (Phi) is 4.30. The van der Waals surface area contributed by atoms with Crippen molar-refractivity contribution in [1.82, 2.24) is 9.78 Å². The molecule has 1 N–H and O–H groups in total. The van der Waals surface area contributed by atoms with Gasteiger partial charge in [0.15, 0.2) is 0 Å². The van der Waals surface area contributed by atoms with E-state index in [1.165, 1.54) is 11.1 Å². The molecule has 0 atom stereocenters. The van der Waals surface area contributed by atoms with Crippen LogP contribution in [0.15, 0.2) is 72.1 Å². The quantitative estimate of drug-likeness (QED) is 0.575. The Morgan fingerprint density at radius 1 is 1.14 bits per heavy atom. The molecule has 110 valence electrons. The summed E-state index contributed by atoms with van der Waals surface area (Å²) >= 11 is 0. The van der Waals surface area contributed by atoms with E-state index >= 15 is 0 Å². The Labute approximate surface area is 130 Å². The van der Waals surface area contributed by atoms with Crippen LogP contribution in [0.25, 0.3) is 0 Å². The summed E-state index contributed by atoms with van der Waals surface area (Å²) in [6, 6.07) is 18.4. The minimum Gasteiger partial charge on any atom is -0.278 e. The lowest BCUT2D eigenvalue weighted by Crippen LogP contribution is -1.99. The molecule has 4 heteroatoms. The van der Waals surface area contributed by atoms with Crippen molar-refractivity contribution in [2.45, 2.75) is 13.5 Å². The van der Waals surface area contributed by atoms with Crippen LogP contribution in [0.2, 0.25) is 0 Å². The van der Waals surface area contributed by atoms with Gasteiger partial charge in [-0.05, 0) is 30.2 Å². The third kappa shape index (κ3) is 3.82. The standard InChI is InChI=1S/C18H18N4/c1-15-6-5-9-18(10-15)21-19-11-17-12-20-22(14-17)13-16-7-3-2-4-8-16/h2-12,14,21H,13H2,1H3/b19-11-. The highest BCUT2D eigenvalue weighted by molar-refractivity contribution is 5.79. The lowest BCUT2D eigenvalue weighted by Gasteiger charge is -2.00. The number of hydrogen-bond acceptors (Lipinski definition) is 3. The van der Waals surface area contributed by atoms with Crippen LogP contribution in [-0.2, 0) is 6.54 Å². The average molecular weight is 290 g/mol. The van der Waals surface area contributed by atoms with Gasteiger partial charge in [0.2, 0.25) is 0 Å². The number of hydrazone groups is 1. The molecular weight excluding hydrogens is 272 g/mol. The molecule has 22 heavy (non-hydrogen) atoms. The first kappa shape index (κ1) is 14.1. The smallest absolute Gasteiger partial charge is 0.0659 e. The molecule has 1 heterocycles. The first-order valence-corrected chi connectivity index (χ1v) is 7.22. The maximum Gasteiger partial charge on any atom is 0.0659 e. The van der Waals surface area contributed by atoms with Gasteiger partial charge in [-0.1, -0.05) is 42.5 Å². The minimum absolute atomic E-state index is 0.764. The lowest BCUT2D eigenvalue weighted by atomic mass is 10.2. The fourth-order valence-corrected chi connectivity index (χ4v) is 2.20. The van der Waals surface area contributed by atoms with E-state index in [-0.39, 0.29) is 0 Å². The van der Waals surface area contributed by atoms with E-state index in [0.717, 1.165) is 17.8 Å². The van der Waals surface area contributed by atoms with E-state index in [4.69, 9.17) is 0 Å². The Morgan fingerprint density at radius 3 is 2.82 bits per heavy atom. The SMILES string of the molecule is Cc1cccc(N/N=C\c2cnn(Cc3ccccc3)c2)c1. The van der Waals surface area contributed by atoms with E-state index in [2.05, 4.69) is 46.8 Å². The summed E-state index contributed by atoms with van der Waals surface area (Å²) in [5.41, 5.74) is 7.41. The van der Waals surface area contributed by atoms with Crippen LogP contribution >= 0.6 is 0 Å². The second kappa shape index (κ2) is 6.72. The molecule has 0 saturated carbocycles. The van der Waals surface area contributed by atoms with Gasteiger partial charge < -0.3 is 0 Å². The van der Waals surface area contributed by atoms with Crippen LogP contribution in [-0.4, -0.2) is 16.0 Å². The number of rotatable bonds is 5. The van der Waals surface area contributed by atoms with Crippen molar-refractivity contribution in [3.05, 3.63) is 83.7 Å². The van der Waals surface area contributed by atoms with Gasteiger partial charge in [0.1, 0.15) is 0 Å². The minimum atomic E-state index is 0.764. The number of nitrogens with zero attached hydrogens (tertiary/aromatic N) is 3. The highest BCUT2D eigenvalue weighted by atomic mass is 15.3. The Balaban J connectivity index is 1.60. The molecule has 3 aromatic rings. The first-order valence-electron chi connectivity index (χ1n) is 7.22. The molecule has 0 spiro atoms. The molecule has 1 aromatic heterocycles. The fourth-order valence-electron chi connectivity index (χ4n) is 2.20. The summed E-state index contributed by atoms with van der Waals surface area (Å²) in [5, 5.41) is 8.59. The molecule has 0 saturated heterocycles. The maximum atomic E-state index is 4.35. The number of anilines is 1. The zero-order valence-corrected chi connectivity index (χ0v) is 12.5. The molecule has 0 unspecified atom stereocenters. The van der Waals surface area contributed by atoms with Gasteiger partial charge in [0.25, 0.3) is 0 Å². The number of hydrogen-bond donors (Lipinski definition) is 1. The third-order valence-electron chi connectivity index (χ3n) is 3.27. The molecule has 0 aliphatic carbocycles. The van der Waals surface area contributed by atoms with Crippen LogP contribution in [0.4, 0.5) is 5.69 Å². The Bertz CT molecular complexity index is 760.